The Bertz CT molecular complexity index is 1080. The maximum Gasteiger partial charge on any atom is 0.264 e. The number of hydrogen-bond donors (Lipinski definition) is 2. The lowest BCUT2D eigenvalue weighted by Gasteiger charge is -2.47. The van der Waals surface area contributed by atoms with Gasteiger partial charge in [0.25, 0.3) is 10.0 Å². The molecule has 0 saturated heterocycles. The molecule has 2 aromatic rings. The SMILES string of the molecule is Cc1ccnc(NS(=O)(=O)c2ccc(NC(=O)C34CC5C[C@@H](CC[C@H](C5)C3)C4)cc2)n1. The minimum absolute atomic E-state index is 0.0373. The summed E-state index contributed by atoms with van der Waals surface area (Å²) in [4.78, 5) is 21.4. The van der Waals surface area contributed by atoms with Gasteiger partial charge in [-0.15, -0.1) is 0 Å². The first kappa shape index (κ1) is 20.4. The molecule has 1 heterocycles. The fraction of sp³-hybridized carbons (Fsp3) is 0.522. The highest BCUT2D eigenvalue weighted by Crippen LogP contribution is 2.58. The van der Waals surface area contributed by atoms with Crippen molar-refractivity contribution < 1.29 is 13.2 Å². The predicted molar refractivity (Wildman–Crippen MR) is 118 cm³/mol. The Morgan fingerprint density at radius 1 is 1.00 bits per heavy atom. The first-order valence-electron chi connectivity index (χ1n) is 11.1. The van der Waals surface area contributed by atoms with E-state index >= 15 is 0 Å². The Kier molecular flexibility index (Phi) is 5.00. The lowest BCUT2D eigenvalue weighted by Crippen LogP contribution is -2.46. The summed E-state index contributed by atoms with van der Waals surface area (Å²) in [6, 6.07) is 8.00. The van der Waals surface area contributed by atoms with Gasteiger partial charge in [-0.05, 0) is 87.1 Å². The van der Waals surface area contributed by atoms with E-state index in [4.69, 9.17) is 0 Å². The summed E-state index contributed by atoms with van der Waals surface area (Å²) in [5, 5.41) is 3.08. The third-order valence-corrected chi connectivity index (χ3v) is 8.62. The maximum atomic E-state index is 13.3. The Labute approximate surface area is 183 Å². The van der Waals surface area contributed by atoms with Gasteiger partial charge in [0.15, 0.2) is 0 Å². The van der Waals surface area contributed by atoms with Crippen LogP contribution in [0.25, 0.3) is 0 Å². The molecule has 7 nitrogen and oxygen atoms in total. The van der Waals surface area contributed by atoms with Gasteiger partial charge in [0.2, 0.25) is 11.9 Å². The molecule has 164 valence electrons. The van der Waals surface area contributed by atoms with Crippen LogP contribution >= 0.6 is 0 Å². The van der Waals surface area contributed by atoms with E-state index in [1.54, 1.807) is 25.1 Å². The summed E-state index contributed by atoms with van der Waals surface area (Å²) in [6.07, 6.45) is 9.61. The van der Waals surface area contributed by atoms with Crippen LogP contribution in [0, 0.1) is 30.1 Å². The van der Waals surface area contributed by atoms with Crippen LogP contribution in [-0.4, -0.2) is 24.3 Å². The molecule has 1 aromatic carbocycles. The quantitative estimate of drug-likeness (QED) is 0.728. The van der Waals surface area contributed by atoms with Crippen molar-refractivity contribution in [2.45, 2.75) is 56.8 Å². The second-order valence-electron chi connectivity index (χ2n) is 9.65. The Morgan fingerprint density at radius 2 is 1.65 bits per heavy atom. The first-order valence-corrected chi connectivity index (χ1v) is 12.5. The number of carbonyl (C=O) groups excluding carboxylic acids is 1. The summed E-state index contributed by atoms with van der Waals surface area (Å²) in [5.74, 6) is 2.19. The second kappa shape index (κ2) is 7.58. The summed E-state index contributed by atoms with van der Waals surface area (Å²) >= 11 is 0. The van der Waals surface area contributed by atoms with Crippen LogP contribution < -0.4 is 10.0 Å². The molecule has 2 N–H and O–H groups in total. The standard InChI is InChI=1S/C23H28N4O3S/c1-15-8-9-24-22(25-15)27-31(29,30)20-6-4-19(5-7-20)26-21(28)23-12-16-2-3-17(13-23)11-18(10-16)14-23/h4-9,16-18H,2-3,10-14H2,1H3,(H,26,28)(H,24,25,27)/t16-,17-,18?,23?/m1/s1. The molecular formula is C23H28N4O3S. The van der Waals surface area contributed by atoms with Crippen LogP contribution in [0.15, 0.2) is 41.4 Å². The Morgan fingerprint density at radius 3 is 2.29 bits per heavy atom. The van der Waals surface area contributed by atoms with E-state index in [1.165, 1.54) is 44.0 Å². The van der Waals surface area contributed by atoms with Crippen molar-refractivity contribution in [3.63, 3.8) is 0 Å². The molecule has 1 aromatic heterocycles. The number of carbonyl (C=O) groups is 1. The van der Waals surface area contributed by atoms with Gasteiger partial charge in [-0.1, -0.05) is 12.8 Å². The molecule has 1 amide bonds. The summed E-state index contributed by atoms with van der Waals surface area (Å²) in [6.45, 7) is 1.77. The molecule has 0 unspecified atom stereocenters. The highest BCUT2D eigenvalue weighted by molar-refractivity contribution is 7.92. The van der Waals surface area contributed by atoms with Crippen LogP contribution in [0.2, 0.25) is 0 Å². The van der Waals surface area contributed by atoms with Gasteiger partial charge >= 0.3 is 0 Å². The molecule has 4 aliphatic rings. The molecular weight excluding hydrogens is 412 g/mol. The third kappa shape index (κ3) is 4.05. The smallest absolute Gasteiger partial charge is 0.264 e. The summed E-state index contributed by atoms with van der Waals surface area (Å²) in [7, 11) is -3.80. The molecule has 4 aliphatic carbocycles. The highest BCUT2D eigenvalue weighted by Gasteiger charge is 2.52. The van der Waals surface area contributed by atoms with Gasteiger partial charge in [0.1, 0.15) is 0 Å². The molecule has 0 aliphatic heterocycles. The molecule has 6 rings (SSSR count). The lowest BCUT2D eigenvalue weighted by atomic mass is 9.58. The van der Waals surface area contributed by atoms with E-state index in [-0.39, 0.29) is 22.2 Å². The van der Waals surface area contributed by atoms with E-state index in [2.05, 4.69) is 20.0 Å². The average Bonchev–Trinajstić information content (AvgIpc) is 2.93. The van der Waals surface area contributed by atoms with Crippen molar-refractivity contribution in [2.75, 3.05) is 10.0 Å². The van der Waals surface area contributed by atoms with Crippen molar-refractivity contribution in [2.24, 2.45) is 23.2 Å². The fourth-order valence-corrected chi connectivity index (χ4v) is 7.08. The summed E-state index contributed by atoms with van der Waals surface area (Å²) < 4.78 is 27.7. The highest BCUT2D eigenvalue weighted by atomic mass is 32.2. The van der Waals surface area contributed by atoms with Gasteiger partial charge in [-0.25, -0.2) is 23.1 Å². The second-order valence-corrected chi connectivity index (χ2v) is 11.3. The fourth-order valence-electron chi connectivity index (χ4n) is 6.13. The molecule has 8 heteroatoms. The van der Waals surface area contributed by atoms with Gasteiger partial charge < -0.3 is 5.32 Å². The number of benzene rings is 1. The molecule has 0 spiro atoms. The van der Waals surface area contributed by atoms with E-state index in [9.17, 15) is 13.2 Å². The number of aryl methyl sites for hydroxylation is 1. The Balaban J connectivity index is 1.30. The number of hydrogen-bond acceptors (Lipinski definition) is 5. The number of nitrogens with one attached hydrogen (secondary N) is 2. The van der Waals surface area contributed by atoms with Gasteiger partial charge in [0, 0.05) is 17.6 Å². The van der Waals surface area contributed by atoms with Gasteiger partial charge in [-0.2, -0.15) is 0 Å². The predicted octanol–water partition coefficient (Wildman–Crippen LogP) is 4.13. The topological polar surface area (TPSA) is 101 Å². The van der Waals surface area contributed by atoms with E-state index < -0.39 is 10.0 Å². The normalized spacial score (nSPS) is 29.4. The number of sulfonamides is 1. The van der Waals surface area contributed by atoms with Crippen molar-refractivity contribution in [3.05, 3.63) is 42.2 Å². The lowest BCUT2D eigenvalue weighted by molar-refractivity contribution is -0.132. The molecule has 2 atom stereocenters. The minimum Gasteiger partial charge on any atom is -0.326 e. The van der Waals surface area contributed by atoms with Gasteiger partial charge in [0.05, 0.1) is 10.3 Å². The first-order chi connectivity index (χ1) is 14.8. The number of anilines is 2. The van der Waals surface area contributed by atoms with Crippen LogP contribution in [-0.2, 0) is 14.8 Å². The van der Waals surface area contributed by atoms with Crippen molar-refractivity contribution in [3.8, 4) is 0 Å². The molecule has 4 fully saturated rings. The zero-order chi connectivity index (χ0) is 21.6. The van der Waals surface area contributed by atoms with Crippen molar-refractivity contribution >= 4 is 27.6 Å². The number of fused-ring (bicyclic) bond motifs is 1. The number of rotatable bonds is 5. The van der Waals surface area contributed by atoms with Crippen LogP contribution in [0.5, 0.6) is 0 Å². The zero-order valence-corrected chi connectivity index (χ0v) is 18.5. The molecule has 0 radical (unpaired) electrons. The maximum absolute atomic E-state index is 13.3. The number of aromatic nitrogens is 2. The number of amides is 1. The number of nitrogens with zero attached hydrogens (tertiary/aromatic N) is 2. The van der Waals surface area contributed by atoms with Crippen LogP contribution in [0.3, 0.4) is 0 Å². The monoisotopic (exact) mass is 440 g/mol. The van der Waals surface area contributed by atoms with Crippen molar-refractivity contribution in [1.82, 2.24) is 9.97 Å². The molecule has 4 bridgehead atoms. The minimum atomic E-state index is -3.80. The largest absolute Gasteiger partial charge is 0.326 e. The third-order valence-electron chi connectivity index (χ3n) is 7.28. The van der Waals surface area contributed by atoms with E-state index in [1.807, 2.05) is 0 Å². The van der Waals surface area contributed by atoms with E-state index in [0.717, 1.165) is 19.3 Å². The van der Waals surface area contributed by atoms with Crippen molar-refractivity contribution in [1.29, 1.82) is 0 Å². The van der Waals surface area contributed by atoms with Crippen LogP contribution in [0.4, 0.5) is 11.6 Å². The molecule has 4 saturated carbocycles. The van der Waals surface area contributed by atoms with Gasteiger partial charge in [-0.3, -0.25) is 4.79 Å². The zero-order valence-electron chi connectivity index (χ0n) is 17.7. The summed E-state index contributed by atoms with van der Waals surface area (Å²) in [5.41, 5.74) is 1.05. The molecule has 31 heavy (non-hydrogen) atoms. The van der Waals surface area contributed by atoms with E-state index in [0.29, 0.717) is 29.1 Å². The Hall–Kier alpha value is -2.48. The van der Waals surface area contributed by atoms with Crippen LogP contribution in [0.1, 0.15) is 50.6 Å². The average molecular weight is 441 g/mol.